The van der Waals surface area contributed by atoms with Crippen LogP contribution in [0.5, 0.6) is 0 Å². The molecule has 0 aromatic carbocycles. The fourth-order valence-corrected chi connectivity index (χ4v) is 1.46. The van der Waals surface area contributed by atoms with Crippen molar-refractivity contribution in [2.24, 2.45) is 0 Å². The first-order valence-corrected chi connectivity index (χ1v) is 5.61. The molecule has 1 heterocycles. The lowest BCUT2D eigenvalue weighted by Crippen LogP contribution is -2.40. The summed E-state index contributed by atoms with van der Waals surface area (Å²) < 4.78 is 1.77. The normalized spacial score (nSPS) is 12.1. The highest BCUT2D eigenvalue weighted by molar-refractivity contribution is 5.83. The van der Waals surface area contributed by atoms with Gasteiger partial charge in [-0.15, -0.1) is 0 Å². The first-order chi connectivity index (χ1) is 8.13. The van der Waals surface area contributed by atoms with E-state index in [1.807, 2.05) is 6.92 Å². The van der Waals surface area contributed by atoms with Crippen LogP contribution in [0.4, 0.5) is 0 Å². The molecule has 1 unspecified atom stereocenters. The Balaban J connectivity index is 2.34. The molecule has 0 spiro atoms. The molecule has 1 rings (SSSR count). The number of nitrogens with zero attached hydrogens (tertiary/aromatic N) is 2. The first kappa shape index (κ1) is 13.2. The average molecular weight is 239 g/mol. The maximum Gasteiger partial charge on any atom is 0.326 e. The number of amides is 1. The Morgan fingerprint density at radius 2 is 2.29 bits per heavy atom. The zero-order chi connectivity index (χ0) is 12.7. The average Bonchev–Trinajstić information content (AvgIpc) is 2.78. The highest BCUT2D eigenvalue weighted by Crippen LogP contribution is 1.98. The number of hydrogen-bond donors (Lipinski definition) is 2. The van der Waals surface area contributed by atoms with Crippen molar-refractivity contribution in [1.82, 2.24) is 14.9 Å². The zero-order valence-electron chi connectivity index (χ0n) is 9.80. The molecular weight excluding hydrogens is 222 g/mol. The van der Waals surface area contributed by atoms with E-state index in [1.54, 1.807) is 23.3 Å². The predicted molar refractivity (Wildman–Crippen MR) is 61.3 cm³/mol. The van der Waals surface area contributed by atoms with Crippen LogP contribution >= 0.6 is 0 Å². The number of aryl methyl sites for hydroxylation is 1. The van der Waals surface area contributed by atoms with Crippen molar-refractivity contribution in [3.05, 3.63) is 18.7 Å². The van der Waals surface area contributed by atoms with Crippen LogP contribution in [0.25, 0.3) is 0 Å². The quantitative estimate of drug-likeness (QED) is 0.731. The van der Waals surface area contributed by atoms with Crippen LogP contribution in [-0.2, 0) is 16.1 Å². The van der Waals surface area contributed by atoms with Gasteiger partial charge in [0.05, 0.1) is 6.33 Å². The van der Waals surface area contributed by atoms with Crippen LogP contribution in [0.15, 0.2) is 18.7 Å². The molecule has 1 amide bonds. The van der Waals surface area contributed by atoms with Crippen LogP contribution in [0, 0.1) is 0 Å². The second-order valence-electron chi connectivity index (χ2n) is 3.80. The molecule has 0 aliphatic heterocycles. The molecule has 2 N–H and O–H groups in total. The SMILES string of the molecule is CCCC(NC(=O)CCn1ccnc1)C(=O)O. The molecule has 1 aromatic rings. The van der Waals surface area contributed by atoms with Crippen molar-refractivity contribution in [2.45, 2.75) is 38.8 Å². The maximum absolute atomic E-state index is 11.5. The summed E-state index contributed by atoms with van der Waals surface area (Å²) in [4.78, 5) is 26.2. The maximum atomic E-state index is 11.5. The number of aliphatic carboxylic acids is 1. The minimum atomic E-state index is -0.983. The van der Waals surface area contributed by atoms with Crippen LogP contribution < -0.4 is 5.32 Å². The van der Waals surface area contributed by atoms with Gasteiger partial charge >= 0.3 is 5.97 Å². The molecule has 6 nitrogen and oxygen atoms in total. The van der Waals surface area contributed by atoms with Gasteiger partial charge in [-0.3, -0.25) is 4.79 Å². The van der Waals surface area contributed by atoms with E-state index in [9.17, 15) is 9.59 Å². The number of carbonyl (C=O) groups excluding carboxylic acids is 1. The first-order valence-electron chi connectivity index (χ1n) is 5.61. The van der Waals surface area contributed by atoms with Crippen LogP contribution in [0.2, 0.25) is 0 Å². The van der Waals surface area contributed by atoms with Crippen LogP contribution in [0.3, 0.4) is 0 Å². The minimum absolute atomic E-state index is 0.250. The third-order valence-corrected chi connectivity index (χ3v) is 2.37. The molecule has 0 aliphatic carbocycles. The molecule has 94 valence electrons. The van der Waals surface area contributed by atoms with Gasteiger partial charge in [0.15, 0.2) is 0 Å². The molecular formula is C11H17N3O3. The van der Waals surface area contributed by atoms with Gasteiger partial charge in [0.1, 0.15) is 6.04 Å². The highest BCUT2D eigenvalue weighted by Gasteiger charge is 2.18. The standard InChI is InChI=1S/C11H17N3O3/c1-2-3-9(11(16)17)13-10(15)4-6-14-7-5-12-8-14/h5,7-9H,2-4,6H2,1H3,(H,13,15)(H,16,17). The van der Waals surface area contributed by atoms with E-state index < -0.39 is 12.0 Å². The molecule has 0 fully saturated rings. The van der Waals surface area contributed by atoms with Crippen molar-refractivity contribution in [3.8, 4) is 0 Å². The van der Waals surface area contributed by atoms with Gasteiger partial charge in [-0.2, -0.15) is 0 Å². The summed E-state index contributed by atoms with van der Waals surface area (Å²) in [6.45, 7) is 2.39. The fourth-order valence-electron chi connectivity index (χ4n) is 1.46. The lowest BCUT2D eigenvalue weighted by atomic mass is 10.1. The van der Waals surface area contributed by atoms with E-state index in [0.29, 0.717) is 13.0 Å². The smallest absolute Gasteiger partial charge is 0.326 e. The highest BCUT2D eigenvalue weighted by atomic mass is 16.4. The Hall–Kier alpha value is -1.85. The number of hydrogen-bond acceptors (Lipinski definition) is 3. The Labute approximate surface area is 99.7 Å². The van der Waals surface area contributed by atoms with E-state index in [0.717, 1.165) is 6.42 Å². The van der Waals surface area contributed by atoms with E-state index in [2.05, 4.69) is 10.3 Å². The Kier molecular flexibility index (Phi) is 5.19. The molecule has 0 bridgehead atoms. The summed E-state index contributed by atoms with van der Waals surface area (Å²) in [5.41, 5.74) is 0. The fraction of sp³-hybridized carbons (Fsp3) is 0.545. The lowest BCUT2D eigenvalue weighted by Gasteiger charge is -2.13. The topological polar surface area (TPSA) is 84.2 Å². The number of nitrogens with one attached hydrogen (secondary N) is 1. The Bertz CT molecular complexity index is 362. The summed E-state index contributed by atoms with van der Waals surface area (Å²) in [7, 11) is 0. The minimum Gasteiger partial charge on any atom is -0.480 e. The molecule has 0 radical (unpaired) electrons. The summed E-state index contributed by atoms with van der Waals surface area (Å²) in [6.07, 6.45) is 6.44. The van der Waals surface area contributed by atoms with Crippen LogP contribution in [-0.4, -0.2) is 32.6 Å². The number of rotatable bonds is 7. The summed E-state index contributed by atoms with van der Waals surface area (Å²) in [5, 5.41) is 11.4. The molecule has 6 heteroatoms. The van der Waals surface area contributed by atoms with Gasteiger partial charge in [-0.1, -0.05) is 13.3 Å². The third-order valence-electron chi connectivity index (χ3n) is 2.37. The summed E-state index contributed by atoms with van der Waals surface area (Å²) >= 11 is 0. The van der Waals surface area contributed by atoms with E-state index in [-0.39, 0.29) is 12.3 Å². The van der Waals surface area contributed by atoms with Crippen molar-refractivity contribution in [1.29, 1.82) is 0 Å². The number of imidazole rings is 1. The van der Waals surface area contributed by atoms with E-state index >= 15 is 0 Å². The number of carbonyl (C=O) groups is 2. The summed E-state index contributed by atoms with van der Waals surface area (Å²) in [5.74, 6) is -1.23. The van der Waals surface area contributed by atoms with Gasteiger partial charge < -0.3 is 15.0 Å². The molecule has 1 atom stereocenters. The largest absolute Gasteiger partial charge is 0.480 e. The number of carboxylic acids is 1. The lowest BCUT2D eigenvalue weighted by molar-refractivity contribution is -0.142. The van der Waals surface area contributed by atoms with Gasteiger partial charge in [0.2, 0.25) is 5.91 Å². The molecule has 0 saturated carbocycles. The van der Waals surface area contributed by atoms with Gasteiger partial charge in [-0.05, 0) is 6.42 Å². The second-order valence-corrected chi connectivity index (χ2v) is 3.80. The molecule has 17 heavy (non-hydrogen) atoms. The monoisotopic (exact) mass is 239 g/mol. The van der Waals surface area contributed by atoms with Crippen molar-refractivity contribution in [2.75, 3.05) is 0 Å². The van der Waals surface area contributed by atoms with Crippen molar-refractivity contribution >= 4 is 11.9 Å². The van der Waals surface area contributed by atoms with Gasteiger partial charge in [0.25, 0.3) is 0 Å². The van der Waals surface area contributed by atoms with E-state index in [1.165, 1.54) is 0 Å². The molecule has 0 saturated heterocycles. The molecule has 0 aliphatic rings. The molecule has 1 aromatic heterocycles. The zero-order valence-corrected chi connectivity index (χ0v) is 9.80. The number of carboxylic acid groups (broad SMARTS) is 1. The van der Waals surface area contributed by atoms with Crippen molar-refractivity contribution < 1.29 is 14.7 Å². The number of aromatic nitrogens is 2. The van der Waals surface area contributed by atoms with Gasteiger partial charge in [-0.25, -0.2) is 9.78 Å². The van der Waals surface area contributed by atoms with Crippen molar-refractivity contribution in [3.63, 3.8) is 0 Å². The Morgan fingerprint density at radius 1 is 1.53 bits per heavy atom. The van der Waals surface area contributed by atoms with Crippen LogP contribution in [0.1, 0.15) is 26.2 Å². The second kappa shape index (κ2) is 6.67. The summed E-state index contributed by atoms with van der Waals surface area (Å²) in [6, 6.07) is -0.782. The Morgan fingerprint density at radius 3 is 2.82 bits per heavy atom. The van der Waals surface area contributed by atoms with Gasteiger partial charge in [0, 0.05) is 25.4 Å². The van der Waals surface area contributed by atoms with E-state index in [4.69, 9.17) is 5.11 Å². The predicted octanol–water partition coefficient (Wildman–Crippen LogP) is 0.643. The third kappa shape index (κ3) is 4.67.